The predicted molar refractivity (Wildman–Crippen MR) is 106 cm³/mol. The molecule has 1 N–H and O–H groups in total. The molecule has 28 heavy (non-hydrogen) atoms. The summed E-state index contributed by atoms with van der Waals surface area (Å²) < 4.78 is 21.5. The Morgan fingerprint density at radius 3 is 2.64 bits per heavy atom. The Kier molecular flexibility index (Phi) is 4.53. The first-order valence-electron chi connectivity index (χ1n) is 8.80. The third-order valence-corrected chi connectivity index (χ3v) is 4.58. The van der Waals surface area contributed by atoms with Gasteiger partial charge < -0.3 is 8.98 Å². The summed E-state index contributed by atoms with van der Waals surface area (Å²) in [4.78, 5) is 12.3. The summed E-state index contributed by atoms with van der Waals surface area (Å²) in [6.07, 6.45) is 1.54. The SMILES string of the molecule is Cc1cc(/C=N/NC(=O)c2cc3ccccc3o2)c(C)n1-c1ccccc1F. The number of aryl methyl sites for hydroxylation is 1. The van der Waals surface area contributed by atoms with E-state index >= 15 is 0 Å². The maximum Gasteiger partial charge on any atom is 0.307 e. The Morgan fingerprint density at radius 2 is 1.86 bits per heavy atom. The Bertz CT molecular complexity index is 1170. The molecule has 5 nitrogen and oxygen atoms in total. The predicted octanol–water partition coefficient (Wildman–Crippen LogP) is 4.74. The van der Waals surface area contributed by atoms with Gasteiger partial charge in [0, 0.05) is 22.3 Å². The van der Waals surface area contributed by atoms with Crippen LogP contribution in [0.3, 0.4) is 0 Å². The van der Waals surface area contributed by atoms with E-state index in [1.807, 2.05) is 42.7 Å². The summed E-state index contributed by atoms with van der Waals surface area (Å²) >= 11 is 0. The van der Waals surface area contributed by atoms with Crippen LogP contribution in [-0.4, -0.2) is 16.7 Å². The van der Waals surface area contributed by atoms with Gasteiger partial charge in [0.1, 0.15) is 11.4 Å². The van der Waals surface area contributed by atoms with Crippen molar-refractivity contribution in [1.29, 1.82) is 0 Å². The zero-order valence-electron chi connectivity index (χ0n) is 15.4. The largest absolute Gasteiger partial charge is 0.451 e. The number of hydrogen-bond donors (Lipinski definition) is 1. The van der Waals surface area contributed by atoms with E-state index in [1.165, 1.54) is 6.07 Å². The summed E-state index contributed by atoms with van der Waals surface area (Å²) in [7, 11) is 0. The lowest BCUT2D eigenvalue weighted by Crippen LogP contribution is -2.16. The Morgan fingerprint density at radius 1 is 1.11 bits per heavy atom. The first kappa shape index (κ1) is 17.7. The van der Waals surface area contributed by atoms with Gasteiger partial charge >= 0.3 is 5.91 Å². The van der Waals surface area contributed by atoms with Gasteiger partial charge in [-0.05, 0) is 44.2 Å². The molecule has 0 fully saturated rings. The van der Waals surface area contributed by atoms with Crippen LogP contribution in [0.5, 0.6) is 0 Å². The van der Waals surface area contributed by atoms with E-state index in [0.717, 1.165) is 22.3 Å². The molecule has 6 heteroatoms. The molecule has 2 heterocycles. The van der Waals surface area contributed by atoms with Crippen molar-refractivity contribution in [3.05, 3.63) is 89.2 Å². The van der Waals surface area contributed by atoms with Crippen molar-refractivity contribution in [2.75, 3.05) is 0 Å². The van der Waals surface area contributed by atoms with Crippen molar-refractivity contribution in [2.45, 2.75) is 13.8 Å². The summed E-state index contributed by atoms with van der Waals surface area (Å²) in [6, 6.07) is 17.5. The highest BCUT2D eigenvalue weighted by atomic mass is 19.1. The number of furan rings is 1. The minimum absolute atomic E-state index is 0.190. The van der Waals surface area contributed by atoms with Gasteiger partial charge in [-0.3, -0.25) is 4.79 Å². The first-order chi connectivity index (χ1) is 13.5. The van der Waals surface area contributed by atoms with E-state index in [9.17, 15) is 9.18 Å². The van der Waals surface area contributed by atoms with Gasteiger partial charge in [0.05, 0.1) is 11.9 Å². The van der Waals surface area contributed by atoms with Crippen LogP contribution in [0.15, 0.2) is 70.2 Å². The molecule has 1 amide bonds. The average molecular weight is 375 g/mol. The lowest BCUT2D eigenvalue weighted by molar-refractivity contribution is 0.0929. The van der Waals surface area contributed by atoms with Gasteiger partial charge in [0.2, 0.25) is 0 Å². The van der Waals surface area contributed by atoms with E-state index in [1.54, 1.807) is 36.5 Å². The van der Waals surface area contributed by atoms with Crippen molar-refractivity contribution >= 4 is 23.1 Å². The lowest BCUT2D eigenvalue weighted by atomic mass is 10.2. The molecule has 0 saturated heterocycles. The summed E-state index contributed by atoms with van der Waals surface area (Å²) in [5, 5.41) is 4.88. The fraction of sp³-hybridized carbons (Fsp3) is 0.0909. The van der Waals surface area contributed by atoms with Gasteiger partial charge in [-0.25, -0.2) is 9.82 Å². The monoisotopic (exact) mass is 375 g/mol. The van der Waals surface area contributed by atoms with Gasteiger partial charge in [-0.15, -0.1) is 0 Å². The molecule has 0 aliphatic rings. The minimum Gasteiger partial charge on any atom is -0.451 e. The molecular weight excluding hydrogens is 357 g/mol. The highest BCUT2D eigenvalue weighted by Crippen LogP contribution is 2.22. The Hall–Kier alpha value is -3.67. The number of aromatic nitrogens is 1. The van der Waals surface area contributed by atoms with Crippen molar-refractivity contribution in [3.63, 3.8) is 0 Å². The minimum atomic E-state index is -0.435. The number of nitrogens with zero attached hydrogens (tertiary/aromatic N) is 2. The highest BCUT2D eigenvalue weighted by molar-refractivity contribution is 5.96. The number of fused-ring (bicyclic) bond motifs is 1. The van der Waals surface area contributed by atoms with Crippen LogP contribution in [-0.2, 0) is 0 Å². The topological polar surface area (TPSA) is 59.5 Å². The van der Waals surface area contributed by atoms with Crippen LogP contribution in [0, 0.1) is 19.7 Å². The summed E-state index contributed by atoms with van der Waals surface area (Å²) in [5.41, 5.74) is 6.06. The summed E-state index contributed by atoms with van der Waals surface area (Å²) in [5.74, 6) is -0.545. The van der Waals surface area contributed by atoms with Gasteiger partial charge in [-0.1, -0.05) is 30.3 Å². The Labute approximate surface area is 161 Å². The van der Waals surface area contributed by atoms with Crippen LogP contribution in [0.4, 0.5) is 4.39 Å². The standard InChI is InChI=1S/C22H18FN3O2/c1-14-11-17(15(2)26(14)19-9-5-4-8-18(19)23)13-24-25-22(27)21-12-16-7-3-6-10-20(16)28-21/h3-13H,1-2H3,(H,25,27)/b24-13+. The van der Waals surface area contributed by atoms with Crippen molar-refractivity contribution in [1.82, 2.24) is 9.99 Å². The van der Waals surface area contributed by atoms with Crippen LogP contribution in [0.2, 0.25) is 0 Å². The molecule has 2 aromatic carbocycles. The van der Waals surface area contributed by atoms with E-state index in [0.29, 0.717) is 11.3 Å². The molecule has 0 radical (unpaired) electrons. The molecule has 0 aliphatic heterocycles. The van der Waals surface area contributed by atoms with Crippen molar-refractivity contribution < 1.29 is 13.6 Å². The Balaban J connectivity index is 1.54. The first-order valence-corrected chi connectivity index (χ1v) is 8.80. The fourth-order valence-electron chi connectivity index (χ4n) is 3.23. The van der Waals surface area contributed by atoms with E-state index < -0.39 is 5.91 Å². The molecule has 0 bridgehead atoms. The third-order valence-electron chi connectivity index (χ3n) is 4.58. The molecule has 4 aromatic rings. The number of carbonyl (C=O) groups is 1. The number of nitrogens with one attached hydrogen (secondary N) is 1. The van der Waals surface area contributed by atoms with Crippen LogP contribution in [0.25, 0.3) is 16.7 Å². The molecule has 0 spiro atoms. The number of halogens is 1. The number of hydrogen-bond acceptors (Lipinski definition) is 3. The van der Waals surface area contributed by atoms with Crippen molar-refractivity contribution in [2.24, 2.45) is 5.10 Å². The number of para-hydroxylation sites is 2. The van der Waals surface area contributed by atoms with Gasteiger partial charge in [0.25, 0.3) is 0 Å². The molecule has 0 aliphatic carbocycles. The second-order valence-electron chi connectivity index (χ2n) is 6.46. The molecule has 0 saturated carbocycles. The molecular formula is C22H18FN3O2. The van der Waals surface area contributed by atoms with Gasteiger partial charge in [-0.2, -0.15) is 5.10 Å². The smallest absolute Gasteiger partial charge is 0.307 e. The number of rotatable bonds is 4. The van der Waals surface area contributed by atoms with E-state index in [2.05, 4.69) is 10.5 Å². The molecule has 0 unspecified atom stereocenters. The second kappa shape index (κ2) is 7.15. The fourth-order valence-corrected chi connectivity index (χ4v) is 3.23. The van der Waals surface area contributed by atoms with Crippen LogP contribution in [0.1, 0.15) is 27.5 Å². The normalized spacial score (nSPS) is 11.4. The zero-order valence-corrected chi connectivity index (χ0v) is 15.4. The quantitative estimate of drug-likeness (QED) is 0.414. The molecule has 4 rings (SSSR count). The summed E-state index contributed by atoms with van der Waals surface area (Å²) in [6.45, 7) is 3.77. The van der Waals surface area contributed by atoms with Gasteiger partial charge in [0.15, 0.2) is 5.76 Å². The van der Waals surface area contributed by atoms with E-state index in [-0.39, 0.29) is 11.6 Å². The lowest BCUT2D eigenvalue weighted by Gasteiger charge is -2.10. The van der Waals surface area contributed by atoms with E-state index in [4.69, 9.17) is 4.42 Å². The van der Waals surface area contributed by atoms with Crippen LogP contribution < -0.4 is 5.43 Å². The highest BCUT2D eigenvalue weighted by Gasteiger charge is 2.13. The number of amides is 1. The third kappa shape index (κ3) is 3.20. The number of carbonyl (C=O) groups excluding carboxylic acids is 1. The van der Waals surface area contributed by atoms with Crippen molar-refractivity contribution in [3.8, 4) is 5.69 Å². The zero-order chi connectivity index (χ0) is 19.7. The van der Waals surface area contributed by atoms with Crippen LogP contribution >= 0.6 is 0 Å². The molecule has 140 valence electrons. The molecule has 2 aromatic heterocycles. The average Bonchev–Trinajstić information content (AvgIpc) is 3.24. The second-order valence-corrected chi connectivity index (χ2v) is 6.46. The maximum atomic E-state index is 14.2. The maximum absolute atomic E-state index is 14.2. The molecule has 0 atom stereocenters. The number of benzene rings is 2. The number of hydrazone groups is 1.